The van der Waals surface area contributed by atoms with Crippen LogP contribution in [0.1, 0.15) is 10.4 Å². The Kier molecular flexibility index (Phi) is 4.95. The van der Waals surface area contributed by atoms with Gasteiger partial charge in [0.2, 0.25) is 0 Å². The molecule has 0 aliphatic heterocycles. The van der Waals surface area contributed by atoms with Gasteiger partial charge in [0.25, 0.3) is 5.91 Å². The summed E-state index contributed by atoms with van der Waals surface area (Å²) < 4.78 is 0.987. The van der Waals surface area contributed by atoms with Crippen LogP contribution in [-0.2, 0) is 0 Å². The molecule has 0 saturated carbocycles. The molecule has 0 unspecified atom stereocenters. The summed E-state index contributed by atoms with van der Waals surface area (Å²) >= 11 is 20.0. The van der Waals surface area contributed by atoms with Crippen LogP contribution in [0, 0.1) is 3.57 Å². The van der Waals surface area contributed by atoms with Crippen LogP contribution in [-0.4, -0.2) is 5.91 Å². The molecule has 2 aromatic carbocycles. The Morgan fingerprint density at radius 1 is 1.00 bits per heavy atom. The number of rotatable bonds is 2. The van der Waals surface area contributed by atoms with E-state index in [2.05, 4.69) is 27.9 Å². The van der Waals surface area contributed by atoms with Crippen LogP contribution in [0.5, 0.6) is 0 Å². The molecule has 0 aliphatic rings. The van der Waals surface area contributed by atoms with Crippen LogP contribution in [0.15, 0.2) is 36.4 Å². The second-order valence-electron chi connectivity index (χ2n) is 3.70. The van der Waals surface area contributed by atoms with Gasteiger partial charge in [-0.2, -0.15) is 0 Å². The highest BCUT2D eigenvalue weighted by Gasteiger charge is 2.12. The van der Waals surface area contributed by atoms with Crippen LogP contribution >= 0.6 is 57.4 Å². The van der Waals surface area contributed by atoms with Crippen LogP contribution in [0.4, 0.5) is 5.69 Å². The zero-order valence-electron chi connectivity index (χ0n) is 9.38. The summed E-state index contributed by atoms with van der Waals surface area (Å²) in [7, 11) is 0. The average molecular weight is 426 g/mol. The Labute approximate surface area is 139 Å². The minimum atomic E-state index is -0.351. The van der Waals surface area contributed by atoms with Crippen molar-refractivity contribution in [3.63, 3.8) is 0 Å². The summed E-state index contributed by atoms with van der Waals surface area (Å²) in [5, 5.41) is 3.96. The van der Waals surface area contributed by atoms with E-state index < -0.39 is 0 Å². The van der Waals surface area contributed by atoms with Crippen molar-refractivity contribution in [3.8, 4) is 0 Å². The largest absolute Gasteiger partial charge is 0.321 e. The SMILES string of the molecule is O=C(Nc1ccc(I)cc1Cl)c1cc(Cl)ccc1Cl. The van der Waals surface area contributed by atoms with Crippen LogP contribution in [0.3, 0.4) is 0 Å². The van der Waals surface area contributed by atoms with Gasteiger partial charge in [-0.15, -0.1) is 0 Å². The van der Waals surface area contributed by atoms with E-state index in [4.69, 9.17) is 34.8 Å². The molecule has 0 heterocycles. The summed E-state index contributed by atoms with van der Waals surface area (Å²) in [6.45, 7) is 0. The maximum Gasteiger partial charge on any atom is 0.257 e. The molecule has 2 nitrogen and oxygen atoms in total. The minimum Gasteiger partial charge on any atom is -0.321 e. The maximum atomic E-state index is 12.1. The van der Waals surface area contributed by atoms with E-state index in [0.717, 1.165) is 3.57 Å². The number of hydrogen-bond acceptors (Lipinski definition) is 1. The van der Waals surface area contributed by atoms with Gasteiger partial charge in [-0.05, 0) is 59.0 Å². The topological polar surface area (TPSA) is 29.1 Å². The molecule has 0 fully saturated rings. The number of nitrogens with one attached hydrogen (secondary N) is 1. The highest BCUT2D eigenvalue weighted by atomic mass is 127. The van der Waals surface area contributed by atoms with Crippen molar-refractivity contribution in [3.05, 3.63) is 60.6 Å². The molecule has 0 spiro atoms. The molecule has 6 heteroatoms. The van der Waals surface area contributed by atoms with Gasteiger partial charge >= 0.3 is 0 Å². The molecule has 2 rings (SSSR count). The van der Waals surface area contributed by atoms with Gasteiger partial charge in [0.05, 0.1) is 21.3 Å². The van der Waals surface area contributed by atoms with Crippen LogP contribution in [0.2, 0.25) is 15.1 Å². The number of anilines is 1. The molecule has 0 aliphatic carbocycles. The first kappa shape index (κ1) is 14.9. The lowest BCUT2D eigenvalue weighted by Crippen LogP contribution is -2.12. The number of carbonyl (C=O) groups excluding carboxylic acids is 1. The van der Waals surface area contributed by atoms with Crippen molar-refractivity contribution in [1.29, 1.82) is 0 Å². The van der Waals surface area contributed by atoms with Crippen LogP contribution < -0.4 is 5.32 Å². The standard InChI is InChI=1S/C13H7Cl3INO/c14-7-1-3-10(15)9(5-7)13(19)18-12-4-2-8(17)6-11(12)16/h1-6H,(H,18,19). The van der Waals surface area contributed by atoms with Crippen molar-refractivity contribution in [1.82, 2.24) is 0 Å². The molecule has 1 N–H and O–H groups in total. The van der Waals surface area contributed by atoms with Gasteiger partial charge in [-0.3, -0.25) is 4.79 Å². The van der Waals surface area contributed by atoms with Crippen molar-refractivity contribution in [2.75, 3.05) is 5.32 Å². The maximum absolute atomic E-state index is 12.1. The lowest BCUT2D eigenvalue weighted by Gasteiger charge is -2.09. The van der Waals surface area contributed by atoms with E-state index in [1.165, 1.54) is 6.07 Å². The zero-order chi connectivity index (χ0) is 14.0. The van der Waals surface area contributed by atoms with Gasteiger partial charge in [-0.1, -0.05) is 34.8 Å². The third kappa shape index (κ3) is 3.75. The fraction of sp³-hybridized carbons (Fsp3) is 0. The Morgan fingerprint density at radius 3 is 2.42 bits per heavy atom. The third-order valence-electron chi connectivity index (χ3n) is 2.35. The molecule has 0 aromatic heterocycles. The first-order valence-electron chi connectivity index (χ1n) is 5.19. The molecule has 0 radical (unpaired) electrons. The summed E-state index contributed by atoms with van der Waals surface area (Å²) in [5.41, 5.74) is 0.840. The monoisotopic (exact) mass is 425 g/mol. The highest BCUT2D eigenvalue weighted by molar-refractivity contribution is 14.1. The number of benzene rings is 2. The van der Waals surface area contributed by atoms with Gasteiger partial charge in [0.1, 0.15) is 0 Å². The molecular weight excluding hydrogens is 419 g/mol. The lowest BCUT2D eigenvalue weighted by molar-refractivity contribution is 0.102. The highest BCUT2D eigenvalue weighted by Crippen LogP contribution is 2.26. The van der Waals surface area contributed by atoms with E-state index in [9.17, 15) is 4.79 Å². The van der Waals surface area contributed by atoms with E-state index in [1.807, 2.05) is 6.07 Å². The Morgan fingerprint density at radius 2 is 1.74 bits per heavy atom. The molecule has 98 valence electrons. The van der Waals surface area contributed by atoms with E-state index in [-0.39, 0.29) is 5.91 Å². The summed E-state index contributed by atoms with van der Waals surface area (Å²) in [4.78, 5) is 12.1. The van der Waals surface area contributed by atoms with Crippen molar-refractivity contribution < 1.29 is 4.79 Å². The Hall–Kier alpha value is -0.490. The summed E-state index contributed by atoms with van der Waals surface area (Å²) in [6, 6.07) is 10.1. The van der Waals surface area contributed by atoms with E-state index >= 15 is 0 Å². The normalized spacial score (nSPS) is 10.3. The predicted molar refractivity (Wildman–Crippen MR) is 88.6 cm³/mol. The van der Waals surface area contributed by atoms with Crippen molar-refractivity contribution >= 4 is 69.0 Å². The molecule has 19 heavy (non-hydrogen) atoms. The molecule has 0 atom stereocenters. The molecule has 0 bridgehead atoms. The quantitative estimate of drug-likeness (QED) is 0.631. The second-order valence-corrected chi connectivity index (χ2v) is 6.20. The lowest BCUT2D eigenvalue weighted by atomic mass is 10.2. The van der Waals surface area contributed by atoms with Gasteiger partial charge in [0.15, 0.2) is 0 Å². The third-order valence-corrected chi connectivity index (χ3v) is 3.90. The van der Waals surface area contributed by atoms with Gasteiger partial charge < -0.3 is 5.32 Å². The summed E-state index contributed by atoms with van der Waals surface area (Å²) in [5.74, 6) is -0.351. The van der Waals surface area contributed by atoms with Gasteiger partial charge in [0, 0.05) is 8.59 Å². The number of amides is 1. The van der Waals surface area contributed by atoms with E-state index in [0.29, 0.717) is 26.3 Å². The fourth-order valence-electron chi connectivity index (χ4n) is 1.45. The zero-order valence-corrected chi connectivity index (χ0v) is 13.8. The molecule has 0 saturated heterocycles. The second kappa shape index (κ2) is 6.31. The number of carbonyl (C=O) groups is 1. The first-order chi connectivity index (χ1) is 8.97. The van der Waals surface area contributed by atoms with Crippen LogP contribution in [0.25, 0.3) is 0 Å². The van der Waals surface area contributed by atoms with Crippen molar-refractivity contribution in [2.45, 2.75) is 0 Å². The minimum absolute atomic E-state index is 0.309. The Balaban J connectivity index is 2.28. The van der Waals surface area contributed by atoms with Crippen molar-refractivity contribution in [2.24, 2.45) is 0 Å². The Bertz CT molecular complexity index is 646. The predicted octanol–water partition coefficient (Wildman–Crippen LogP) is 5.50. The summed E-state index contributed by atoms with van der Waals surface area (Å²) in [6.07, 6.45) is 0. The molecule has 1 amide bonds. The van der Waals surface area contributed by atoms with E-state index in [1.54, 1.807) is 24.3 Å². The molecular formula is C13H7Cl3INO. The fourth-order valence-corrected chi connectivity index (χ4v) is 2.73. The first-order valence-corrected chi connectivity index (χ1v) is 7.40. The number of halogens is 4. The smallest absolute Gasteiger partial charge is 0.257 e. The number of hydrogen-bond donors (Lipinski definition) is 1. The molecule has 2 aromatic rings. The van der Waals surface area contributed by atoms with Gasteiger partial charge in [-0.25, -0.2) is 0 Å². The average Bonchev–Trinajstić information content (AvgIpc) is 2.35.